The Kier molecular flexibility index (Phi) is 9.92. The van der Waals surface area contributed by atoms with Crippen LogP contribution < -0.4 is 20.3 Å². The zero-order valence-corrected chi connectivity index (χ0v) is 30.0. The maximum Gasteiger partial charge on any atom is 0.408 e. The average molecular weight is 724 g/mol. The molecular weight excluding hydrogens is 678 g/mol. The fraction of sp³-hybridized carbons (Fsp3) is 0.514. The van der Waals surface area contributed by atoms with Crippen molar-refractivity contribution in [3.63, 3.8) is 0 Å². The Morgan fingerprint density at radius 2 is 1.71 bits per heavy atom. The summed E-state index contributed by atoms with van der Waals surface area (Å²) in [5.74, 6) is -2.87. The number of anilines is 1. The van der Waals surface area contributed by atoms with Crippen LogP contribution in [0.4, 0.5) is 14.9 Å². The quantitative estimate of drug-likeness (QED) is 0.292. The monoisotopic (exact) mass is 723 g/mol. The molecular formula is C37H46FN5O7S. The Bertz CT molecular complexity index is 1800. The van der Waals surface area contributed by atoms with Gasteiger partial charge in [-0.15, -0.1) is 6.58 Å². The lowest BCUT2D eigenvalue weighted by atomic mass is 9.85. The second-order valence-corrected chi connectivity index (χ2v) is 17.1. The Morgan fingerprint density at radius 3 is 2.29 bits per heavy atom. The van der Waals surface area contributed by atoms with Crippen LogP contribution >= 0.6 is 0 Å². The summed E-state index contributed by atoms with van der Waals surface area (Å²) in [4.78, 5) is 58.4. The van der Waals surface area contributed by atoms with Crippen molar-refractivity contribution in [3.8, 4) is 11.1 Å². The van der Waals surface area contributed by atoms with Crippen molar-refractivity contribution in [1.29, 1.82) is 0 Å². The molecule has 3 saturated carbocycles. The number of carbonyl (C=O) groups excluding carboxylic acids is 4. The number of nitrogens with one attached hydrogen (secondary N) is 3. The van der Waals surface area contributed by atoms with Crippen LogP contribution in [0.2, 0.25) is 0 Å². The van der Waals surface area contributed by atoms with Gasteiger partial charge in [0.25, 0.3) is 5.91 Å². The molecule has 12 nitrogen and oxygen atoms in total. The molecule has 3 N–H and O–H groups in total. The minimum absolute atomic E-state index is 0.0255. The van der Waals surface area contributed by atoms with Gasteiger partial charge < -0.3 is 25.2 Å². The number of benzene rings is 2. The number of hydrogen-bond donors (Lipinski definition) is 3. The Morgan fingerprint density at radius 1 is 1.02 bits per heavy atom. The average Bonchev–Trinajstić information content (AvgIpc) is 3.96. The minimum atomic E-state index is -3.89. The van der Waals surface area contributed by atoms with E-state index in [4.69, 9.17) is 4.74 Å². The molecule has 4 fully saturated rings. The maximum absolute atomic E-state index is 14.5. The van der Waals surface area contributed by atoms with Gasteiger partial charge in [0.05, 0.1) is 11.9 Å². The summed E-state index contributed by atoms with van der Waals surface area (Å²) in [7, 11) is -3.89. The molecule has 4 aliphatic rings. The Labute approximate surface area is 298 Å². The van der Waals surface area contributed by atoms with Crippen molar-refractivity contribution in [3.05, 3.63) is 67.0 Å². The van der Waals surface area contributed by atoms with Crippen LogP contribution in [0, 0.1) is 17.2 Å². The van der Waals surface area contributed by atoms with E-state index in [1.807, 2.05) is 29.2 Å². The summed E-state index contributed by atoms with van der Waals surface area (Å²) in [6.45, 7) is 9.19. The van der Waals surface area contributed by atoms with E-state index in [0.717, 1.165) is 31.2 Å². The molecule has 1 heterocycles. The summed E-state index contributed by atoms with van der Waals surface area (Å²) in [5, 5.41) is 4.92. The third kappa shape index (κ3) is 7.90. The van der Waals surface area contributed by atoms with E-state index in [2.05, 4.69) is 21.9 Å². The number of rotatable bonds is 11. The van der Waals surface area contributed by atoms with Crippen LogP contribution in [-0.4, -0.2) is 79.3 Å². The summed E-state index contributed by atoms with van der Waals surface area (Å²) < 4.78 is 47.0. The lowest BCUT2D eigenvalue weighted by molar-refractivity contribution is -0.142. The zero-order valence-electron chi connectivity index (χ0n) is 29.2. The number of halogens is 1. The van der Waals surface area contributed by atoms with Crippen molar-refractivity contribution in [2.45, 2.75) is 94.7 Å². The SMILES string of the molecule is C=C[C@@H]1C[C@]1(NC(=O)[C@@H]1CN(c2ccc(-c3cccc(F)c3)cc2)CN1C(=O)[C@@H](NC(=O)OC1CCCC1)C(C)(C)C)C(=O)NS(=O)(=O)C1CC1. The largest absolute Gasteiger partial charge is 0.446 e. The van der Waals surface area contributed by atoms with Gasteiger partial charge in [-0.2, -0.15) is 0 Å². The topological polar surface area (TPSA) is 154 Å². The molecule has 0 radical (unpaired) electrons. The number of alkyl carbamates (subject to hydrolysis) is 1. The summed E-state index contributed by atoms with van der Waals surface area (Å²) in [5.41, 5.74) is -0.176. The van der Waals surface area contributed by atoms with Gasteiger partial charge in [-0.3, -0.25) is 19.1 Å². The van der Waals surface area contributed by atoms with Gasteiger partial charge in [-0.25, -0.2) is 17.6 Å². The summed E-state index contributed by atoms with van der Waals surface area (Å²) in [6, 6.07) is 11.3. The van der Waals surface area contributed by atoms with Gasteiger partial charge in [0.1, 0.15) is 29.5 Å². The van der Waals surface area contributed by atoms with Gasteiger partial charge in [0.15, 0.2) is 0 Å². The van der Waals surface area contributed by atoms with E-state index < -0.39 is 68.0 Å². The van der Waals surface area contributed by atoms with Crippen LogP contribution in [0.5, 0.6) is 0 Å². The van der Waals surface area contributed by atoms with Gasteiger partial charge in [-0.1, -0.05) is 51.1 Å². The second kappa shape index (κ2) is 13.9. The molecule has 4 amide bonds. The first kappa shape index (κ1) is 36.3. The van der Waals surface area contributed by atoms with Crippen LogP contribution in [-0.2, 0) is 29.1 Å². The first-order valence-electron chi connectivity index (χ1n) is 17.5. The first-order chi connectivity index (χ1) is 24.1. The lowest BCUT2D eigenvalue weighted by Crippen LogP contribution is -2.60. The number of nitrogens with zero attached hydrogens (tertiary/aromatic N) is 2. The smallest absolute Gasteiger partial charge is 0.408 e. The predicted octanol–water partition coefficient (Wildman–Crippen LogP) is 4.22. The minimum Gasteiger partial charge on any atom is -0.446 e. The molecule has 0 unspecified atom stereocenters. The van der Waals surface area contributed by atoms with Gasteiger partial charge in [0, 0.05) is 18.2 Å². The molecule has 0 spiro atoms. The standard InChI is InChI=1S/C37H46FN5O7S/c1-5-25-20-37(25,34(46)41-51(48,49)29-17-18-29)40-32(44)30-21-42(27-15-13-23(14-16-27)24-9-8-10-26(38)19-24)22-43(30)33(45)31(36(2,3)4)39-35(47)50-28-11-6-7-12-28/h5,8-10,13-16,19,25,28-31H,1,6-7,11-12,17-18,20-22H2,2-4H3,(H,39,47)(H,40,44)(H,41,46)/t25-,30+,31-,37-/m1/s1. The Hall–Kier alpha value is -4.46. The van der Waals surface area contributed by atoms with E-state index in [9.17, 15) is 32.0 Å². The van der Waals surface area contributed by atoms with E-state index in [-0.39, 0.29) is 31.6 Å². The van der Waals surface area contributed by atoms with E-state index in [1.165, 1.54) is 23.1 Å². The van der Waals surface area contributed by atoms with Gasteiger partial charge in [-0.05, 0) is 85.8 Å². The fourth-order valence-corrected chi connectivity index (χ4v) is 8.32. The third-order valence-electron chi connectivity index (χ3n) is 10.3. The highest BCUT2D eigenvalue weighted by Crippen LogP contribution is 2.45. The molecule has 6 rings (SSSR count). The molecule has 0 aromatic heterocycles. The number of ether oxygens (including phenoxy) is 1. The van der Waals surface area contributed by atoms with Crippen molar-refractivity contribution >= 4 is 39.5 Å². The lowest BCUT2D eigenvalue weighted by Gasteiger charge is -2.35. The summed E-state index contributed by atoms with van der Waals surface area (Å²) >= 11 is 0. The Balaban J connectivity index is 1.26. The third-order valence-corrected chi connectivity index (χ3v) is 12.1. The van der Waals surface area contributed by atoms with Crippen LogP contribution in [0.15, 0.2) is 61.2 Å². The van der Waals surface area contributed by atoms with Crippen LogP contribution in [0.25, 0.3) is 11.1 Å². The number of amides is 4. The van der Waals surface area contributed by atoms with Crippen molar-refractivity contribution < 1.29 is 36.7 Å². The van der Waals surface area contributed by atoms with Gasteiger partial charge >= 0.3 is 6.09 Å². The normalized spacial score (nSPS) is 24.1. The second-order valence-electron chi connectivity index (χ2n) is 15.2. The number of sulfonamides is 1. The highest BCUT2D eigenvalue weighted by Gasteiger charge is 2.62. The highest BCUT2D eigenvalue weighted by molar-refractivity contribution is 7.91. The molecule has 1 saturated heterocycles. The van der Waals surface area contributed by atoms with Crippen molar-refractivity contribution in [1.82, 2.24) is 20.3 Å². The molecule has 274 valence electrons. The molecule has 3 aliphatic carbocycles. The highest BCUT2D eigenvalue weighted by atomic mass is 32.2. The molecule has 1 aliphatic heterocycles. The first-order valence-corrected chi connectivity index (χ1v) is 19.0. The van der Waals surface area contributed by atoms with E-state index in [1.54, 1.807) is 32.9 Å². The molecule has 2 aromatic rings. The number of carbonyl (C=O) groups is 4. The molecule has 14 heteroatoms. The van der Waals surface area contributed by atoms with Crippen LogP contribution in [0.3, 0.4) is 0 Å². The van der Waals surface area contributed by atoms with Crippen molar-refractivity contribution in [2.24, 2.45) is 11.3 Å². The molecule has 51 heavy (non-hydrogen) atoms. The van der Waals surface area contributed by atoms with E-state index in [0.29, 0.717) is 24.1 Å². The molecule has 0 bridgehead atoms. The predicted molar refractivity (Wildman–Crippen MR) is 189 cm³/mol. The van der Waals surface area contributed by atoms with Crippen molar-refractivity contribution in [2.75, 3.05) is 18.1 Å². The number of hydrogen-bond acceptors (Lipinski definition) is 8. The summed E-state index contributed by atoms with van der Waals surface area (Å²) in [6.07, 6.45) is 5.08. The fourth-order valence-electron chi connectivity index (χ4n) is 6.96. The maximum atomic E-state index is 14.5. The zero-order chi connectivity index (χ0) is 36.7. The molecule has 4 atom stereocenters. The van der Waals surface area contributed by atoms with Crippen LogP contribution in [0.1, 0.15) is 65.7 Å². The van der Waals surface area contributed by atoms with Gasteiger partial charge in [0.2, 0.25) is 21.8 Å². The van der Waals surface area contributed by atoms with E-state index >= 15 is 0 Å². The molecule has 2 aromatic carbocycles.